The first kappa shape index (κ1) is 27.6. The van der Waals surface area contributed by atoms with Gasteiger partial charge < -0.3 is 15.5 Å². The molecule has 0 saturated carbocycles. The number of carbonyl (C=O) groups is 1. The highest BCUT2D eigenvalue weighted by Crippen LogP contribution is 2.23. The molecule has 1 amide bonds. The lowest BCUT2D eigenvalue weighted by Crippen LogP contribution is -2.47. The third kappa shape index (κ3) is 8.91. The van der Waals surface area contributed by atoms with E-state index in [0.717, 1.165) is 13.1 Å². The molecule has 0 fully saturated rings. The average molecular weight is 469 g/mol. The molecule has 1 rings (SSSR count). The Morgan fingerprint density at radius 3 is 2.55 bits per heavy atom. The number of halogens is 3. The smallest absolute Gasteiger partial charge is 0.354 e. The number of likely N-dealkylation sites (N-methyl/N-ethyl adjacent to an activating group) is 1. The molecule has 33 heavy (non-hydrogen) atoms. The van der Waals surface area contributed by atoms with E-state index >= 15 is 0 Å². The number of alkyl halides is 3. The zero-order valence-corrected chi connectivity index (χ0v) is 19.7. The number of nitrogens with zero attached hydrogens (tertiary/aromatic N) is 5. The van der Waals surface area contributed by atoms with E-state index in [9.17, 15) is 18.0 Å². The summed E-state index contributed by atoms with van der Waals surface area (Å²) in [5, 5.41) is 9.45. The number of aromatic nitrogens is 1. The minimum atomic E-state index is -4.43. The minimum absolute atomic E-state index is 0.154. The highest BCUT2D eigenvalue weighted by Gasteiger charge is 2.30. The van der Waals surface area contributed by atoms with Crippen molar-refractivity contribution in [3.63, 3.8) is 0 Å². The van der Waals surface area contributed by atoms with E-state index in [2.05, 4.69) is 36.1 Å². The standard InChI is InChI=1S/C21H31F3N8O/c1-7-16(13-28-20(26-5)27-12-14(2)21(22,23)24)32(6)19(33)18-17(9-8-15(3)30-18)31-29-11-10-25-4/h8-12,16,31H,7,13H2,1-6H3,(H2,26,27,28)/b14-12+,25-10?,29-11-/t16-/m0/s1. The lowest BCUT2D eigenvalue weighted by Gasteiger charge is -2.28. The highest BCUT2D eigenvalue weighted by molar-refractivity contribution is 6.16. The second-order valence-corrected chi connectivity index (χ2v) is 7.05. The van der Waals surface area contributed by atoms with E-state index < -0.39 is 11.7 Å². The van der Waals surface area contributed by atoms with Crippen LogP contribution in [0.3, 0.4) is 0 Å². The van der Waals surface area contributed by atoms with Crippen LogP contribution < -0.4 is 16.1 Å². The summed E-state index contributed by atoms with van der Waals surface area (Å²) in [5.74, 6) is -0.175. The van der Waals surface area contributed by atoms with Crippen molar-refractivity contribution in [1.29, 1.82) is 0 Å². The number of aryl methyl sites for hydroxylation is 1. The maximum Gasteiger partial charge on any atom is 0.413 e. The van der Waals surface area contributed by atoms with E-state index in [1.807, 2.05) is 6.92 Å². The normalized spacial score (nSPS) is 14.0. The summed E-state index contributed by atoms with van der Waals surface area (Å²) in [5.41, 5.74) is 3.31. The van der Waals surface area contributed by atoms with E-state index in [4.69, 9.17) is 0 Å². The van der Waals surface area contributed by atoms with Crippen molar-refractivity contribution in [2.45, 2.75) is 39.4 Å². The Kier molecular flexibility index (Phi) is 11.0. The van der Waals surface area contributed by atoms with Crippen molar-refractivity contribution in [3.05, 3.63) is 35.3 Å². The third-order valence-corrected chi connectivity index (χ3v) is 4.65. The summed E-state index contributed by atoms with van der Waals surface area (Å²) < 4.78 is 38.0. The van der Waals surface area contributed by atoms with Gasteiger partial charge in [0.05, 0.1) is 11.9 Å². The molecule has 1 aromatic heterocycles. The van der Waals surface area contributed by atoms with Gasteiger partial charge in [0.15, 0.2) is 11.7 Å². The van der Waals surface area contributed by atoms with Crippen LogP contribution in [0.5, 0.6) is 0 Å². The van der Waals surface area contributed by atoms with Crippen LogP contribution in [0.1, 0.15) is 36.5 Å². The molecule has 0 aliphatic rings. The number of hydrogen-bond acceptors (Lipinski definition) is 6. The molecule has 1 heterocycles. The van der Waals surface area contributed by atoms with Gasteiger partial charge in [0.25, 0.3) is 5.91 Å². The summed E-state index contributed by atoms with van der Waals surface area (Å²) in [6.45, 7) is 4.90. The quantitative estimate of drug-likeness (QED) is 0.294. The van der Waals surface area contributed by atoms with Gasteiger partial charge in [-0.3, -0.25) is 20.2 Å². The van der Waals surface area contributed by atoms with Crippen LogP contribution in [0.2, 0.25) is 0 Å². The van der Waals surface area contributed by atoms with Crippen molar-refractivity contribution in [2.24, 2.45) is 15.1 Å². The van der Waals surface area contributed by atoms with Gasteiger partial charge in [-0.1, -0.05) is 6.92 Å². The first-order chi connectivity index (χ1) is 15.5. The molecule has 0 aliphatic heterocycles. The Morgan fingerprint density at radius 2 is 1.97 bits per heavy atom. The largest absolute Gasteiger partial charge is 0.413 e. The molecule has 0 bridgehead atoms. The number of amides is 1. The van der Waals surface area contributed by atoms with Crippen LogP contribution in [0.25, 0.3) is 0 Å². The van der Waals surface area contributed by atoms with Crippen LogP contribution >= 0.6 is 0 Å². The molecular weight excluding hydrogens is 437 g/mol. The average Bonchev–Trinajstić information content (AvgIpc) is 2.78. The number of nitrogens with one attached hydrogen (secondary N) is 3. The van der Waals surface area contributed by atoms with E-state index in [0.29, 0.717) is 17.8 Å². The van der Waals surface area contributed by atoms with Crippen molar-refractivity contribution in [1.82, 2.24) is 20.5 Å². The predicted octanol–water partition coefficient (Wildman–Crippen LogP) is 2.97. The Balaban J connectivity index is 2.93. The van der Waals surface area contributed by atoms with Crippen LogP contribution in [-0.4, -0.2) is 74.1 Å². The SMILES string of the molecule is CC[C@@H](CNC(=NC)N/C=C(\C)C(F)(F)F)N(C)C(=O)c1nc(C)ccc1N/N=C\C=NC. The number of rotatable bonds is 9. The molecule has 182 valence electrons. The highest BCUT2D eigenvalue weighted by atomic mass is 19.4. The lowest BCUT2D eigenvalue weighted by atomic mass is 10.1. The third-order valence-electron chi connectivity index (χ3n) is 4.65. The Labute approximate surface area is 192 Å². The number of hydrazone groups is 1. The monoisotopic (exact) mass is 468 g/mol. The Hall–Kier alpha value is -3.44. The first-order valence-electron chi connectivity index (χ1n) is 10.2. The van der Waals surface area contributed by atoms with Gasteiger partial charge in [-0.15, -0.1) is 0 Å². The first-order valence-corrected chi connectivity index (χ1v) is 10.2. The van der Waals surface area contributed by atoms with Gasteiger partial charge in [-0.2, -0.15) is 18.3 Å². The van der Waals surface area contributed by atoms with Gasteiger partial charge >= 0.3 is 6.18 Å². The van der Waals surface area contributed by atoms with Crippen molar-refractivity contribution in [2.75, 3.05) is 33.1 Å². The Bertz CT molecular complexity index is 909. The summed E-state index contributed by atoms with van der Waals surface area (Å²) in [6, 6.07) is 3.19. The zero-order valence-electron chi connectivity index (χ0n) is 19.7. The number of anilines is 1. The zero-order chi connectivity index (χ0) is 25.0. The number of hydrogen-bond donors (Lipinski definition) is 3. The van der Waals surface area contributed by atoms with Gasteiger partial charge in [0.1, 0.15) is 0 Å². The molecule has 0 radical (unpaired) electrons. The lowest BCUT2D eigenvalue weighted by molar-refractivity contribution is -0.0916. The molecule has 0 unspecified atom stereocenters. The number of guanidine groups is 1. The number of aliphatic imine (C=N–C) groups is 2. The van der Waals surface area contributed by atoms with Crippen molar-refractivity contribution in [3.8, 4) is 0 Å². The molecule has 0 aliphatic carbocycles. The molecule has 0 aromatic carbocycles. The summed E-state index contributed by atoms with van der Waals surface area (Å²) in [4.78, 5) is 26.8. The molecule has 0 saturated heterocycles. The van der Waals surface area contributed by atoms with E-state index in [1.54, 1.807) is 33.2 Å². The topological polar surface area (TPSA) is 106 Å². The number of allylic oxidation sites excluding steroid dienone is 1. The second kappa shape index (κ2) is 13.2. The maximum atomic E-state index is 13.2. The second-order valence-electron chi connectivity index (χ2n) is 7.05. The molecule has 1 aromatic rings. The molecule has 3 N–H and O–H groups in total. The fourth-order valence-corrected chi connectivity index (χ4v) is 2.57. The van der Waals surface area contributed by atoms with Crippen LogP contribution in [0.4, 0.5) is 18.9 Å². The summed E-state index contributed by atoms with van der Waals surface area (Å²) in [7, 11) is 4.70. The fraction of sp³-hybridized carbons (Fsp3) is 0.476. The molecule has 0 spiro atoms. The van der Waals surface area contributed by atoms with E-state index in [-0.39, 0.29) is 30.1 Å². The molecular formula is C21H31F3N8O. The van der Waals surface area contributed by atoms with Gasteiger partial charge in [0, 0.05) is 57.4 Å². The summed E-state index contributed by atoms with van der Waals surface area (Å²) >= 11 is 0. The van der Waals surface area contributed by atoms with Gasteiger partial charge in [-0.05, 0) is 32.4 Å². The molecule has 12 heteroatoms. The van der Waals surface area contributed by atoms with Crippen LogP contribution in [0.15, 0.2) is 39.0 Å². The fourth-order valence-electron chi connectivity index (χ4n) is 2.57. The van der Waals surface area contributed by atoms with Gasteiger partial charge in [-0.25, -0.2) is 4.98 Å². The minimum Gasteiger partial charge on any atom is -0.354 e. The number of pyridine rings is 1. The number of carbonyl (C=O) groups excluding carboxylic acids is 1. The maximum absolute atomic E-state index is 13.2. The van der Waals surface area contributed by atoms with Gasteiger partial charge in [0.2, 0.25) is 0 Å². The molecule has 9 nitrogen and oxygen atoms in total. The van der Waals surface area contributed by atoms with Crippen LogP contribution in [0, 0.1) is 6.92 Å². The molecule has 1 atom stereocenters. The van der Waals surface area contributed by atoms with E-state index in [1.165, 1.54) is 24.4 Å². The van der Waals surface area contributed by atoms with Crippen LogP contribution in [-0.2, 0) is 0 Å². The van der Waals surface area contributed by atoms with Crippen molar-refractivity contribution < 1.29 is 18.0 Å². The predicted molar refractivity (Wildman–Crippen MR) is 126 cm³/mol. The Morgan fingerprint density at radius 1 is 1.27 bits per heavy atom. The van der Waals surface area contributed by atoms with Crippen molar-refractivity contribution >= 4 is 30.0 Å². The summed E-state index contributed by atoms with van der Waals surface area (Å²) in [6.07, 6.45) is -0.0608.